The van der Waals surface area contributed by atoms with Gasteiger partial charge in [-0.1, -0.05) is 12.1 Å². The van der Waals surface area contributed by atoms with Crippen LogP contribution in [0.4, 0.5) is 13.2 Å². The molecule has 0 radical (unpaired) electrons. The van der Waals surface area contributed by atoms with Crippen molar-refractivity contribution in [3.05, 3.63) is 35.4 Å². The number of aliphatic carboxylic acids is 1. The molecule has 0 amide bonds. The highest BCUT2D eigenvalue weighted by atomic mass is 19.4. The topological polar surface area (TPSA) is 70.3 Å². The average molecular weight is 257 g/mol. The summed E-state index contributed by atoms with van der Waals surface area (Å²) in [6, 6.07) is 5.92. The minimum absolute atomic E-state index is 0.281. The van der Waals surface area contributed by atoms with Crippen molar-refractivity contribution in [1.29, 1.82) is 5.26 Å². The molecule has 18 heavy (non-hydrogen) atoms. The van der Waals surface area contributed by atoms with Crippen LogP contribution < -0.4 is 4.74 Å². The number of hydrogen-bond donors (Lipinski definition) is 1. The summed E-state index contributed by atoms with van der Waals surface area (Å²) in [6.07, 6.45) is -3.74. The van der Waals surface area contributed by atoms with E-state index in [1.54, 1.807) is 0 Å². The molecule has 1 aromatic rings. The summed E-state index contributed by atoms with van der Waals surface area (Å²) in [5.74, 6) is -1.83. The quantitative estimate of drug-likeness (QED) is 0.667. The summed E-state index contributed by atoms with van der Waals surface area (Å²) < 4.78 is 39.2. The Labute approximate surface area is 99.5 Å². The van der Waals surface area contributed by atoms with E-state index in [9.17, 15) is 18.0 Å². The van der Waals surface area contributed by atoms with Gasteiger partial charge in [0.1, 0.15) is 17.4 Å². The summed E-state index contributed by atoms with van der Waals surface area (Å²) in [6.45, 7) is 0. The Hall–Kier alpha value is -2.49. The Morgan fingerprint density at radius 2 is 1.89 bits per heavy atom. The summed E-state index contributed by atoms with van der Waals surface area (Å²) in [5, 5.41) is 17.1. The summed E-state index contributed by atoms with van der Waals surface area (Å²) >= 11 is 0. The number of carboxylic acids is 1. The number of carbonyl (C=O) groups is 1. The van der Waals surface area contributed by atoms with Crippen LogP contribution in [0.1, 0.15) is 5.56 Å². The molecule has 1 N–H and O–H groups in total. The largest absolute Gasteiger partial charge is 0.573 e. The van der Waals surface area contributed by atoms with E-state index >= 15 is 0 Å². The molecular formula is C11H6F3NO3. The number of rotatable bonds is 3. The first-order chi connectivity index (χ1) is 8.31. The molecule has 0 spiro atoms. The van der Waals surface area contributed by atoms with Gasteiger partial charge >= 0.3 is 12.3 Å². The second kappa shape index (κ2) is 5.23. The van der Waals surface area contributed by atoms with Crippen molar-refractivity contribution in [3.8, 4) is 11.8 Å². The Morgan fingerprint density at radius 1 is 1.33 bits per heavy atom. The van der Waals surface area contributed by atoms with Crippen LogP contribution in [0.3, 0.4) is 0 Å². The smallest absolute Gasteiger partial charge is 0.477 e. The van der Waals surface area contributed by atoms with E-state index in [4.69, 9.17) is 10.4 Å². The third kappa shape index (κ3) is 4.17. The summed E-state index contributed by atoms with van der Waals surface area (Å²) in [4.78, 5) is 10.5. The molecule has 0 unspecified atom stereocenters. The van der Waals surface area contributed by atoms with Gasteiger partial charge in [0.05, 0.1) is 0 Å². The molecule has 0 atom stereocenters. The van der Waals surface area contributed by atoms with E-state index < -0.39 is 23.7 Å². The van der Waals surface area contributed by atoms with Gasteiger partial charge in [-0.3, -0.25) is 0 Å². The van der Waals surface area contributed by atoms with E-state index in [1.165, 1.54) is 18.2 Å². The molecule has 4 nitrogen and oxygen atoms in total. The van der Waals surface area contributed by atoms with Gasteiger partial charge in [-0.2, -0.15) is 5.26 Å². The molecule has 0 aliphatic rings. The molecule has 94 valence electrons. The number of alkyl halides is 3. The van der Waals surface area contributed by atoms with Crippen LogP contribution in [0.25, 0.3) is 6.08 Å². The number of benzene rings is 1. The maximum Gasteiger partial charge on any atom is 0.573 e. The monoisotopic (exact) mass is 257 g/mol. The summed E-state index contributed by atoms with van der Waals surface area (Å²) in [5.41, 5.74) is -0.233. The minimum Gasteiger partial charge on any atom is -0.477 e. The number of nitrogens with zero attached hydrogens (tertiary/aromatic N) is 1. The van der Waals surface area contributed by atoms with Gasteiger partial charge in [0, 0.05) is 0 Å². The predicted octanol–water partition coefficient (Wildman–Crippen LogP) is 2.58. The van der Waals surface area contributed by atoms with Gasteiger partial charge in [-0.15, -0.1) is 13.2 Å². The molecule has 1 aromatic carbocycles. The van der Waals surface area contributed by atoms with Crippen LogP contribution in [0, 0.1) is 11.3 Å². The second-order valence-corrected chi connectivity index (χ2v) is 3.09. The maximum absolute atomic E-state index is 11.9. The lowest BCUT2D eigenvalue weighted by Crippen LogP contribution is -2.16. The number of hydrogen-bond acceptors (Lipinski definition) is 3. The normalized spacial score (nSPS) is 11.8. The first kappa shape index (κ1) is 13.6. The van der Waals surface area contributed by atoms with E-state index in [1.807, 2.05) is 0 Å². The molecule has 0 saturated carbocycles. The molecule has 0 aliphatic carbocycles. The fraction of sp³-hybridized carbons (Fsp3) is 0.0909. The van der Waals surface area contributed by atoms with Crippen molar-refractivity contribution in [3.63, 3.8) is 0 Å². The van der Waals surface area contributed by atoms with Gasteiger partial charge in [0.15, 0.2) is 0 Å². The molecular weight excluding hydrogens is 251 g/mol. The zero-order valence-electron chi connectivity index (χ0n) is 8.73. The number of halogens is 3. The van der Waals surface area contributed by atoms with E-state index in [0.717, 1.165) is 18.2 Å². The zero-order chi connectivity index (χ0) is 13.8. The third-order valence-electron chi connectivity index (χ3n) is 1.78. The Bertz CT molecular complexity index is 512. The van der Waals surface area contributed by atoms with Gasteiger partial charge in [-0.25, -0.2) is 4.79 Å². The van der Waals surface area contributed by atoms with E-state index in [-0.39, 0.29) is 5.56 Å². The van der Waals surface area contributed by atoms with Crippen molar-refractivity contribution in [2.45, 2.75) is 6.36 Å². The molecule has 0 fully saturated rings. The van der Waals surface area contributed by atoms with Crippen molar-refractivity contribution in [2.75, 3.05) is 0 Å². The van der Waals surface area contributed by atoms with Crippen molar-refractivity contribution < 1.29 is 27.8 Å². The first-order valence-corrected chi connectivity index (χ1v) is 4.53. The number of nitriles is 1. The lowest BCUT2D eigenvalue weighted by molar-refractivity contribution is -0.274. The Kier molecular flexibility index (Phi) is 3.94. The molecule has 0 aliphatic heterocycles. The van der Waals surface area contributed by atoms with Gasteiger partial charge in [0.2, 0.25) is 0 Å². The van der Waals surface area contributed by atoms with Crippen molar-refractivity contribution >= 4 is 12.0 Å². The second-order valence-electron chi connectivity index (χ2n) is 3.09. The predicted molar refractivity (Wildman–Crippen MR) is 54.4 cm³/mol. The standard InChI is InChI=1S/C11H6F3NO3/c12-11(13,14)18-9-3-1-7(2-4-9)5-8(6-15)10(16)17/h1-5H,(H,16,17). The Morgan fingerprint density at radius 3 is 2.28 bits per heavy atom. The van der Waals surface area contributed by atoms with E-state index in [2.05, 4.69) is 4.74 Å². The third-order valence-corrected chi connectivity index (χ3v) is 1.78. The van der Waals surface area contributed by atoms with Crippen molar-refractivity contribution in [2.24, 2.45) is 0 Å². The minimum atomic E-state index is -4.78. The molecule has 0 saturated heterocycles. The van der Waals surface area contributed by atoms with Crippen LogP contribution >= 0.6 is 0 Å². The average Bonchev–Trinajstić information content (AvgIpc) is 2.25. The molecule has 0 aromatic heterocycles. The SMILES string of the molecule is N#CC(=Cc1ccc(OC(F)(F)F)cc1)C(=O)O. The highest BCUT2D eigenvalue weighted by molar-refractivity contribution is 5.96. The van der Waals surface area contributed by atoms with Crippen LogP contribution in [0.2, 0.25) is 0 Å². The molecule has 0 heterocycles. The lowest BCUT2D eigenvalue weighted by Gasteiger charge is -2.08. The van der Waals surface area contributed by atoms with Crippen LogP contribution in [0.15, 0.2) is 29.8 Å². The molecule has 0 bridgehead atoms. The maximum atomic E-state index is 11.9. The molecule has 1 rings (SSSR count). The Balaban J connectivity index is 2.91. The fourth-order valence-electron chi connectivity index (χ4n) is 1.07. The molecule has 7 heteroatoms. The summed E-state index contributed by atoms with van der Waals surface area (Å²) in [7, 11) is 0. The highest BCUT2D eigenvalue weighted by Crippen LogP contribution is 2.23. The van der Waals surface area contributed by atoms with Gasteiger partial charge in [0.25, 0.3) is 0 Å². The van der Waals surface area contributed by atoms with Crippen LogP contribution in [0.5, 0.6) is 5.75 Å². The van der Waals surface area contributed by atoms with Crippen LogP contribution in [-0.4, -0.2) is 17.4 Å². The number of carboxylic acid groups (broad SMARTS) is 1. The number of ether oxygens (including phenoxy) is 1. The van der Waals surface area contributed by atoms with Crippen LogP contribution in [-0.2, 0) is 4.79 Å². The fourth-order valence-corrected chi connectivity index (χ4v) is 1.07. The first-order valence-electron chi connectivity index (χ1n) is 4.53. The van der Waals surface area contributed by atoms with E-state index in [0.29, 0.717) is 0 Å². The van der Waals surface area contributed by atoms with Gasteiger partial charge < -0.3 is 9.84 Å². The highest BCUT2D eigenvalue weighted by Gasteiger charge is 2.30. The zero-order valence-corrected chi connectivity index (χ0v) is 8.73. The van der Waals surface area contributed by atoms with Gasteiger partial charge in [-0.05, 0) is 23.8 Å². The lowest BCUT2D eigenvalue weighted by atomic mass is 10.1. The van der Waals surface area contributed by atoms with Crippen molar-refractivity contribution in [1.82, 2.24) is 0 Å².